The summed E-state index contributed by atoms with van der Waals surface area (Å²) in [6.45, 7) is 0.634. The first-order chi connectivity index (χ1) is 5.47. The first-order valence-corrected chi connectivity index (χ1v) is 3.68. The number of fused-ring (bicyclic) bond motifs is 1. The molecule has 0 N–H and O–H groups in total. The molecule has 11 heavy (non-hydrogen) atoms. The number of hydrogen-bond acceptors (Lipinski definition) is 2. The number of benzene rings is 1. The van der Waals surface area contributed by atoms with Crippen molar-refractivity contribution in [3.63, 3.8) is 0 Å². The average molecular weight is 149 g/mol. The summed E-state index contributed by atoms with van der Waals surface area (Å²) in [5.74, 6) is 0.810. The van der Waals surface area contributed by atoms with Crippen molar-refractivity contribution in [2.24, 2.45) is 0 Å². The Kier molecular flexibility index (Phi) is 1.78. The van der Waals surface area contributed by atoms with E-state index in [1.807, 2.05) is 24.3 Å². The number of rotatable bonds is 0. The topological polar surface area (TPSA) is 18.5 Å². The minimum atomic E-state index is 0.634. The molecule has 57 valence electrons. The van der Waals surface area contributed by atoms with Gasteiger partial charge in [-0.1, -0.05) is 18.2 Å². The van der Waals surface area contributed by atoms with Crippen LogP contribution in [0.1, 0.15) is 12.0 Å². The molecule has 0 aromatic heterocycles. The Labute approximate surface area is 65.7 Å². The van der Waals surface area contributed by atoms with Crippen molar-refractivity contribution in [3.05, 3.63) is 36.2 Å². The van der Waals surface area contributed by atoms with Gasteiger partial charge in [-0.05, 0) is 18.9 Å². The summed E-state index contributed by atoms with van der Waals surface area (Å²) in [7, 11) is 0. The van der Waals surface area contributed by atoms with Crippen LogP contribution < -0.4 is 4.89 Å². The second-order valence-electron chi connectivity index (χ2n) is 2.44. The SMILES string of the molecule is [CH]1CCOOc2ccccc21. The van der Waals surface area contributed by atoms with Crippen molar-refractivity contribution in [1.29, 1.82) is 0 Å². The van der Waals surface area contributed by atoms with Gasteiger partial charge < -0.3 is 4.89 Å². The minimum Gasteiger partial charge on any atom is -0.337 e. The van der Waals surface area contributed by atoms with Gasteiger partial charge in [-0.15, -0.1) is 0 Å². The average Bonchev–Trinajstić information content (AvgIpc) is 2.28. The van der Waals surface area contributed by atoms with Crippen LogP contribution >= 0.6 is 0 Å². The van der Waals surface area contributed by atoms with Gasteiger partial charge >= 0.3 is 0 Å². The molecule has 0 aliphatic carbocycles. The molecule has 1 aliphatic rings. The third-order valence-corrected chi connectivity index (χ3v) is 1.63. The van der Waals surface area contributed by atoms with Crippen LogP contribution in [-0.2, 0) is 4.89 Å². The predicted molar refractivity (Wildman–Crippen MR) is 41.0 cm³/mol. The van der Waals surface area contributed by atoms with Crippen LogP contribution in [0.3, 0.4) is 0 Å². The second-order valence-corrected chi connectivity index (χ2v) is 2.44. The Morgan fingerprint density at radius 1 is 1.18 bits per heavy atom. The molecule has 1 aromatic carbocycles. The smallest absolute Gasteiger partial charge is 0.168 e. The molecule has 0 unspecified atom stereocenters. The Hall–Kier alpha value is -1.02. The van der Waals surface area contributed by atoms with Crippen molar-refractivity contribution < 1.29 is 9.78 Å². The lowest BCUT2D eigenvalue weighted by atomic mass is 10.1. The molecule has 0 saturated carbocycles. The van der Waals surface area contributed by atoms with E-state index in [-0.39, 0.29) is 0 Å². The largest absolute Gasteiger partial charge is 0.337 e. The van der Waals surface area contributed by atoms with Gasteiger partial charge in [-0.2, -0.15) is 4.89 Å². The fraction of sp³-hybridized carbons (Fsp3) is 0.222. The molecule has 0 amide bonds. The highest BCUT2D eigenvalue weighted by molar-refractivity contribution is 5.38. The van der Waals surface area contributed by atoms with Gasteiger partial charge in [0.2, 0.25) is 0 Å². The van der Waals surface area contributed by atoms with Gasteiger partial charge in [0.15, 0.2) is 5.75 Å². The van der Waals surface area contributed by atoms with Crippen molar-refractivity contribution in [1.82, 2.24) is 0 Å². The third-order valence-electron chi connectivity index (χ3n) is 1.63. The van der Waals surface area contributed by atoms with Gasteiger partial charge in [-0.25, -0.2) is 0 Å². The van der Waals surface area contributed by atoms with E-state index in [2.05, 4.69) is 6.42 Å². The van der Waals surface area contributed by atoms with Crippen molar-refractivity contribution >= 4 is 0 Å². The Balaban J connectivity index is 2.33. The molecule has 2 nitrogen and oxygen atoms in total. The molecule has 1 heterocycles. The fourth-order valence-corrected chi connectivity index (χ4v) is 1.09. The normalized spacial score (nSPS) is 16.4. The van der Waals surface area contributed by atoms with E-state index in [1.165, 1.54) is 0 Å². The number of para-hydroxylation sites is 1. The van der Waals surface area contributed by atoms with E-state index in [0.717, 1.165) is 17.7 Å². The summed E-state index contributed by atoms with van der Waals surface area (Å²) in [4.78, 5) is 9.91. The zero-order valence-corrected chi connectivity index (χ0v) is 6.12. The Morgan fingerprint density at radius 2 is 2.09 bits per heavy atom. The van der Waals surface area contributed by atoms with Crippen LogP contribution in [0.4, 0.5) is 0 Å². The monoisotopic (exact) mass is 149 g/mol. The van der Waals surface area contributed by atoms with Gasteiger partial charge in [0.1, 0.15) is 0 Å². The molecule has 1 aliphatic heterocycles. The van der Waals surface area contributed by atoms with E-state index in [0.29, 0.717) is 6.61 Å². The summed E-state index contributed by atoms with van der Waals surface area (Å²) in [6, 6.07) is 7.84. The van der Waals surface area contributed by atoms with Crippen LogP contribution in [0.15, 0.2) is 24.3 Å². The molecule has 0 bridgehead atoms. The number of hydrogen-bond donors (Lipinski definition) is 0. The van der Waals surface area contributed by atoms with Gasteiger partial charge in [-0.3, -0.25) is 0 Å². The van der Waals surface area contributed by atoms with Gasteiger partial charge in [0.25, 0.3) is 0 Å². The van der Waals surface area contributed by atoms with Crippen molar-refractivity contribution in [3.8, 4) is 5.75 Å². The third kappa shape index (κ3) is 1.35. The summed E-state index contributed by atoms with van der Waals surface area (Å²) in [6.07, 6.45) is 3.03. The van der Waals surface area contributed by atoms with E-state index in [1.54, 1.807) is 0 Å². The summed E-state index contributed by atoms with van der Waals surface area (Å²) >= 11 is 0. The first-order valence-electron chi connectivity index (χ1n) is 3.68. The highest BCUT2D eigenvalue weighted by atomic mass is 17.2. The lowest BCUT2D eigenvalue weighted by Gasteiger charge is -2.01. The van der Waals surface area contributed by atoms with Crippen LogP contribution in [0, 0.1) is 6.42 Å². The van der Waals surface area contributed by atoms with Gasteiger partial charge in [0, 0.05) is 5.56 Å². The summed E-state index contributed by atoms with van der Waals surface area (Å²) in [5.41, 5.74) is 1.12. The molecule has 2 rings (SSSR count). The highest BCUT2D eigenvalue weighted by Gasteiger charge is 2.07. The maximum absolute atomic E-state index is 5.02. The molecular weight excluding hydrogens is 140 g/mol. The lowest BCUT2D eigenvalue weighted by Crippen LogP contribution is -1.94. The summed E-state index contributed by atoms with van der Waals surface area (Å²) < 4.78 is 0. The lowest BCUT2D eigenvalue weighted by molar-refractivity contribution is -0.203. The Morgan fingerprint density at radius 3 is 3.09 bits per heavy atom. The fourth-order valence-electron chi connectivity index (χ4n) is 1.09. The zero-order valence-electron chi connectivity index (χ0n) is 6.12. The minimum absolute atomic E-state index is 0.634. The molecule has 0 spiro atoms. The zero-order chi connectivity index (χ0) is 7.52. The van der Waals surface area contributed by atoms with Crippen LogP contribution in [-0.4, -0.2) is 6.61 Å². The van der Waals surface area contributed by atoms with E-state index < -0.39 is 0 Å². The molecule has 2 heteroatoms. The second kappa shape index (κ2) is 2.93. The molecule has 0 saturated heterocycles. The van der Waals surface area contributed by atoms with Crippen LogP contribution in [0.5, 0.6) is 5.75 Å². The van der Waals surface area contributed by atoms with E-state index in [9.17, 15) is 0 Å². The molecule has 0 fully saturated rings. The predicted octanol–water partition coefficient (Wildman–Crippen LogP) is 1.95. The van der Waals surface area contributed by atoms with Crippen LogP contribution in [0.25, 0.3) is 0 Å². The first kappa shape index (κ1) is 6.68. The van der Waals surface area contributed by atoms with Crippen LogP contribution in [0.2, 0.25) is 0 Å². The van der Waals surface area contributed by atoms with Crippen molar-refractivity contribution in [2.45, 2.75) is 6.42 Å². The van der Waals surface area contributed by atoms with E-state index in [4.69, 9.17) is 9.78 Å². The standard InChI is InChI=1S/C9H9O2/c1-2-6-9-8(4-1)5-3-7-10-11-9/h1-2,4-6H,3,7H2. The summed E-state index contributed by atoms with van der Waals surface area (Å²) in [5, 5.41) is 0. The molecular formula is C9H9O2. The maximum Gasteiger partial charge on any atom is 0.168 e. The molecule has 0 atom stereocenters. The Bertz CT molecular complexity index is 220. The van der Waals surface area contributed by atoms with Crippen molar-refractivity contribution in [2.75, 3.05) is 6.61 Å². The molecule has 1 radical (unpaired) electrons. The molecule has 1 aromatic rings. The van der Waals surface area contributed by atoms with Gasteiger partial charge in [0.05, 0.1) is 6.61 Å². The maximum atomic E-state index is 5.02. The quantitative estimate of drug-likeness (QED) is 0.525. The van der Waals surface area contributed by atoms with E-state index >= 15 is 0 Å². The highest BCUT2D eigenvalue weighted by Crippen LogP contribution is 2.23.